The average Bonchev–Trinajstić information content (AvgIpc) is 3.29. The number of carbonyl (C=O) groups is 1. The molecule has 1 amide bonds. The lowest BCUT2D eigenvalue weighted by Gasteiger charge is -2.18. The summed E-state index contributed by atoms with van der Waals surface area (Å²) >= 11 is 6.04. The number of halogens is 1. The number of nitrogens with one attached hydrogen (secondary N) is 1. The molecule has 0 heterocycles. The molecule has 2 aromatic carbocycles. The van der Waals surface area contributed by atoms with E-state index in [0.717, 1.165) is 29.5 Å². The van der Waals surface area contributed by atoms with Gasteiger partial charge in [0, 0.05) is 5.02 Å². The first-order valence-corrected chi connectivity index (χ1v) is 7.75. The van der Waals surface area contributed by atoms with Gasteiger partial charge in [-0.2, -0.15) is 0 Å². The van der Waals surface area contributed by atoms with E-state index in [2.05, 4.69) is 5.32 Å². The van der Waals surface area contributed by atoms with Crippen LogP contribution in [0.3, 0.4) is 0 Å². The highest BCUT2D eigenvalue weighted by molar-refractivity contribution is 6.30. The van der Waals surface area contributed by atoms with Crippen LogP contribution in [0.25, 0.3) is 0 Å². The number of hydrogen-bond acceptors (Lipinski definition) is 2. The van der Waals surface area contributed by atoms with E-state index in [1.54, 1.807) is 0 Å². The van der Waals surface area contributed by atoms with Crippen molar-refractivity contribution in [2.75, 3.05) is 0 Å². The van der Waals surface area contributed by atoms with Gasteiger partial charge in [-0.25, -0.2) is 0 Å². The molecule has 0 radical (unpaired) electrons. The van der Waals surface area contributed by atoms with Crippen LogP contribution in [0.4, 0.5) is 0 Å². The predicted molar refractivity (Wildman–Crippen MR) is 86.6 cm³/mol. The third kappa shape index (κ3) is 3.32. The normalized spacial score (nSPS) is 15.4. The summed E-state index contributed by atoms with van der Waals surface area (Å²) in [6.07, 6.45) is 2.24. The van der Waals surface area contributed by atoms with Gasteiger partial charge in [0.2, 0.25) is 5.91 Å². The Morgan fingerprint density at radius 3 is 2.41 bits per heavy atom. The maximum Gasteiger partial charge on any atom is 0.225 e. The minimum Gasteiger partial charge on any atom is -0.392 e. The summed E-state index contributed by atoms with van der Waals surface area (Å²) in [4.78, 5) is 12.3. The van der Waals surface area contributed by atoms with Crippen molar-refractivity contribution in [2.24, 2.45) is 0 Å². The van der Waals surface area contributed by atoms with Gasteiger partial charge in [-0.3, -0.25) is 4.79 Å². The van der Waals surface area contributed by atoms with Gasteiger partial charge in [0.15, 0.2) is 0 Å². The number of hydrogen-bond donors (Lipinski definition) is 2. The summed E-state index contributed by atoms with van der Waals surface area (Å²) in [6, 6.07) is 15.1. The molecule has 0 aromatic heterocycles. The molecule has 3 nitrogen and oxygen atoms in total. The SMILES string of the molecule is O=C(Cc1ccc(CO)cc1)NC1(c2cccc(Cl)c2)CC1. The first-order chi connectivity index (χ1) is 10.6. The largest absolute Gasteiger partial charge is 0.392 e. The van der Waals surface area contributed by atoms with Crippen molar-refractivity contribution in [3.63, 3.8) is 0 Å². The van der Waals surface area contributed by atoms with Gasteiger partial charge < -0.3 is 10.4 Å². The molecule has 2 aromatic rings. The fourth-order valence-corrected chi connectivity index (χ4v) is 2.85. The molecule has 4 heteroatoms. The van der Waals surface area contributed by atoms with Gasteiger partial charge in [-0.15, -0.1) is 0 Å². The lowest BCUT2D eigenvalue weighted by Crippen LogP contribution is -2.35. The topological polar surface area (TPSA) is 49.3 Å². The maximum atomic E-state index is 12.3. The molecule has 0 aliphatic heterocycles. The Labute approximate surface area is 134 Å². The Kier molecular flexibility index (Phi) is 4.19. The quantitative estimate of drug-likeness (QED) is 0.890. The second-order valence-electron chi connectivity index (χ2n) is 5.79. The van der Waals surface area contributed by atoms with Crippen molar-refractivity contribution in [3.8, 4) is 0 Å². The van der Waals surface area contributed by atoms with E-state index < -0.39 is 0 Å². The monoisotopic (exact) mass is 315 g/mol. The van der Waals surface area contributed by atoms with Crippen LogP contribution >= 0.6 is 11.6 Å². The van der Waals surface area contributed by atoms with Gasteiger partial charge in [0.05, 0.1) is 18.6 Å². The molecule has 1 saturated carbocycles. The lowest BCUT2D eigenvalue weighted by atomic mass is 10.0. The van der Waals surface area contributed by atoms with E-state index in [1.807, 2.05) is 48.5 Å². The van der Waals surface area contributed by atoms with E-state index in [9.17, 15) is 4.79 Å². The molecule has 2 N–H and O–H groups in total. The summed E-state index contributed by atoms with van der Waals surface area (Å²) < 4.78 is 0. The molecule has 0 spiro atoms. The van der Waals surface area contributed by atoms with Crippen molar-refractivity contribution in [1.82, 2.24) is 5.32 Å². The second-order valence-corrected chi connectivity index (χ2v) is 6.23. The highest BCUT2D eigenvalue weighted by atomic mass is 35.5. The molecule has 0 atom stereocenters. The highest BCUT2D eigenvalue weighted by Gasteiger charge is 2.45. The number of carbonyl (C=O) groups excluding carboxylic acids is 1. The van der Waals surface area contributed by atoms with Gasteiger partial charge in [-0.1, -0.05) is 48.0 Å². The molecule has 0 unspecified atom stereocenters. The Bertz CT molecular complexity index is 678. The maximum absolute atomic E-state index is 12.3. The van der Waals surface area contributed by atoms with Crippen molar-refractivity contribution in [2.45, 2.75) is 31.4 Å². The zero-order valence-electron chi connectivity index (χ0n) is 12.2. The van der Waals surface area contributed by atoms with Crippen LogP contribution in [0.5, 0.6) is 0 Å². The number of benzene rings is 2. The molecule has 0 saturated heterocycles. The van der Waals surface area contributed by atoms with Crippen LogP contribution < -0.4 is 5.32 Å². The zero-order valence-corrected chi connectivity index (χ0v) is 12.9. The van der Waals surface area contributed by atoms with Crippen molar-refractivity contribution < 1.29 is 9.90 Å². The first kappa shape index (κ1) is 15.1. The third-order valence-corrected chi connectivity index (χ3v) is 4.31. The first-order valence-electron chi connectivity index (χ1n) is 7.37. The van der Waals surface area contributed by atoms with E-state index in [0.29, 0.717) is 11.4 Å². The van der Waals surface area contributed by atoms with E-state index in [-0.39, 0.29) is 18.1 Å². The fraction of sp³-hybridized carbons (Fsp3) is 0.278. The fourth-order valence-electron chi connectivity index (χ4n) is 2.66. The number of rotatable bonds is 5. The summed E-state index contributed by atoms with van der Waals surface area (Å²) in [5, 5.41) is 12.9. The Hall–Kier alpha value is -1.84. The molecular formula is C18H18ClNO2. The van der Waals surface area contributed by atoms with Crippen LogP contribution in [0.15, 0.2) is 48.5 Å². The molecular weight excluding hydrogens is 298 g/mol. The van der Waals surface area contributed by atoms with Crippen LogP contribution in [-0.2, 0) is 23.4 Å². The third-order valence-electron chi connectivity index (χ3n) is 4.08. The highest BCUT2D eigenvalue weighted by Crippen LogP contribution is 2.46. The molecule has 22 heavy (non-hydrogen) atoms. The minimum atomic E-state index is -0.243. The molecule has 0 bridgehead atoms. The second kappa shape index (κ2) is 6.11. The Balaban J connectivity index is 1.66. The van der Waals surface area contributed by atoms with Crippen LogP contribution in [0.2, 0.25) is 5.02 Å². The average molecular weight is 316 g/mol. The summed E-state index contributed by atoms with van der Waals surface area (Å²) in [5.41, 5.74) is 2.62. The van der Waals surface area contributed by atoms with Gasteiger partial charge in [-0.05, 0) is 41.7 Å². The molecule has 1 fully saturated rings. The summed E-state index contributed by atoms with van der Waals surface area (Å²) in [6.45, 7) is 0.0182. The molecule has 1 aliphatic carbocycles. The van der Waals surface area contributed by atoms with Crippen molar-refractivity contribution >= 4 is 17.5 Å². The van der Waals surface area contributed by atoms with Crippen LogP contribution in [0, 0.1) is 0 Å². The molecule has 1 aliphatic rings. The predicted octanol–water partition coefficient (Wildman–Crippen LogP) is 3.18. The molecule has 114 valence electrons. The van der Waals surface area contributed by atoms with E-state index in [4.69, 9.17) is 16.7 Å². The van der Waals surface area contributed by atoms with Crippen LogP contribution in [0.1, 0.15) is 29.5 Å². The van der Waals surface area contributed by atoms with E-state index in [1.165, 1.54) is 0 Å². The van der Waals surface area contributed by atoms with Gasteiger partial charge in [0.25, 0.3) is 0 Å². The minimum absolute atomic E-state index is 0.00854. The smallest absolute Gasteiger partial charge is 0.225 e. The lowest BCUT2D eigenvalue weighted by molar-refractivity contribution is -0.121. The number of amides is 1. The standard InChI is InChI=1S/C18H18ClNO2/c19-16-3-1-2-15(11-16)18(8-9-18)20-17(22)10-13-4-6-14(12-21)7-5-13/h1-7,11,21H,8-10,12H2,(H,20,22). The zero-order chi connectivity index (χ0) is 15.6. The van der Waals surface area contributed by atoms with Gasteiger partial charge in [0.1, 0.15) is 0 Å². The summed E-state index contributed by atoms with van der Waals surface area (Å²) in [7, 11) is 0. The van der Waals surface area contributed by atoms with Gasteiger partial charge >= 0.3 is 0 Å². The van der Waals surface area contributed by atoms with Crippen molar-refractivity contribution in [1.29, 1.82) is 0 Å². The Morgan fingerprint density at radius 1 is 1.14 bits per heavy atom. The van der Waals surface area contributed by atoms with Crippen LogP contribution in [-0.4, -0.2) is 11.0 Å². The van der Waals surface area contributed by atoms with E-state index >= 15 is 0 Å². The number of aliphatic hydroxyl groups excluding tert-OH is 1. The summed E-state index contributed by atoms with van der Waals surface area (Å²) in [5.74, 6) is 0.00854. The Morgan fingerprint density at radius 2 is 1.82 bits per heavy atom. The number of aliphatic hydroxyl groups is 1. The van der Waals surface area contributed by atoms with Crippen molar-refractivity contribution in [3.05, 3.63) is 70.2 Å². The molecule has 3 rings (SSSR count).